The summed E-state index contributed by atoms with van der Waals surface area (Å²) in [4.78, 5) is 22.5. The van der Waals surface area contributed by atoms with Crippen molar-refractivity contribution in [3.8, 4) is 11.1 Å². The molecular weight excluding hydrogens is 494 g/mol. The molecule has 192 valence electrons. The van der Waals surface area contributed by atoms with Gasteiger partial charge in [-0.3, -0.25) is 4.79 Å². The third-order valence-electron chi connectivity index (χ3n) is 7.37. The van der Waals surface area contributed by atoms with Crippen molar-refractivity contribution in [3.05, 3.63) is 113 Å². The lowest BCUT2D eigenvalue weighted by molar-refractivity contribution is 0.0665. The zero-order valence-electron chi connectivity index (χ0n) is 21.4. The van der Waals surface area contributed by atoms with Crippen molar-refractivity contribution < 1.29 is 4.79 Å². The SMILES string of the molecule is CN1CCN(C(=O)c2cn(Cc3cncn3Cc3cccc(Cl)c3)cc2-c2cccc3ccccc23)CC1. The van der Waals surface area contributed by atoms with Crippen LogP contribution < -0.4 is 0 Å². The Labute approximate surface area is 227 Å². The Morgan fingerprint density at radius 3 is 2.53 bits per heavy atom. The molecule has 38 heavy (non-hydrogen) atoms. The van der Waals surface area contributed by atoms with Gasteiger partial charge in [0.25, 0.3) is 5.91 Å². The molecule has 0 unspecified atom stereocenters. The van der Waals surface area contributed by atoms with Gasteiger partial charge in [0.1, 0.15) is 0 Å². The number of likely N-dealkylation sites (N-methyl/N-ethyl adjacent to an activating group) is 1. The van der Waals surface area contributed by atoms with Crippen molar-refractivity contribution in [3.63, 3.8) is 0 Å². The minimum absolute atomic E-state index is 0.0900. The summed E-state index contributed by atoms with van der Waals surface area (Å²) in [6.07, 6.45) is 7.86. The zero-order valence-corrected chi connectivity index (χ0v) is 22.2. The fourth-order valence-electron chi connectivity index (χ4n) is 5.27. The summed E-state index contributed by atoms with van der Waals surface area (Å²) in [6.45, 7) is 4.54. The highest BCUT2D eigenvalue weighted by Gasteiger charge is 2.25. The van der Waals surface area contributed by atoms with Gasteiger partial charge >= 0.3 is 0 Å². The number of aromatic nitrogens is 3. The van der Waals surface area contributed by atoms with Crippen LogP contribution in [0.1, 0.15) is 21.6 Å². The van der Waals surface area contributed by atoms with Crippen LogP contribution in [0, 0.1) is 0 Å². The fraction of sp³-hybridized carbons (Fsp3) is 0.226. The van der Waals surface area contributed by atoms with Crippen molar-refractivity contribution in [2.45, 2.75) is 13.1 Å². The van der Waals surface area contributed by atoms with E-state index >= 15 is 0 Å². The molecule has 6 nitrogen and oxygen atoms in total. The normalized spacial score (nSPS) is 14.3. The number of nitrogens with zero attached hydrogens (tertiary/aromatic N) is 5. The quantitative estimate of drug-likeness (QED) is 0.289. The number of halogens is 1. The summed E-state index contributed by atoms with van der Waals surface area (Å²) < 4.78 is 4.25. The fourth-order valence-corrected chi connectivity index (χ4v) is 5.48. The number of amides is 1. The Morgan fingerprint density at radius 1 is 0.895 bits per heavy atom. The monoisotopic (exact) mass is 523 g/mol. The van der Waals surface area contributed by atoms with Crippen LogP contribution in [0.4, 0.5) is 0 Å². The molecular formula is C31H30ClN5O. The molecule has 3 heterocycles. The molecule has 0 spiro atoms. The summed E-state index contributed by atoms with van der Waals surface area (Å²) >= 11 is 6.21. The number of carbonyl (C=O) groups excluding carboxylic acids is 1. The smallest absolute Gasteiger partial charge is 0.256 e. The second-order valence-corrected chi connectivity index (χ2v) is 10.5. The number of carbonyl (C=O) groups is 1. The minimum atomic E-state index is 0.0900. The number of piperazine rings is 1. The van der Waals surface area contributed by atoms with E-state index in [-0.39, 0.29) is 5.91 Å². The number of fused-ring (bicyclic) bond motifs is 1. The van der Waals surface area contributed by atoms with Crippen molar-refractivity contribution >= 4 is 28.3 Å². The lowest BCUT2D eigenvalue weighted by atomic mass is 9.97. The number of rotatable bonds is 6. The van der Waals surface area contributed by atoms with E-state index in [1.54, 1.807) is 0 Å². The molecule has 1 aliphatic heterocycles. The molecule has 1 saturated heterocycles. The van der Waals surface area contributed by atoms with Gasteiger partial charge in [0, 0.05) is 61.9 Å². The van der Waals surface area contributed by atoms with Gasteiger partial charge in [-0.1, -0.05) is 66.2 Å². The van der Waals surface area contributed by atoms with Gasteiger partial charge in [0.05, 0.1) is 24.1 Å². The van der Waals surface area contributed by atoms with Crippen LogP contribution in [-0.2, 0) is 13.1 Å². The van der Waals surface area contributed by atoms with Crippen LogP contribution in [0.25, 0.3) is 21.9 Å². The number of hydrogen-bond donors (Lipinski definition) is 0. The van der Waals surface area contributed by atoms with Crippen LogP contribution in [0.15, 0.2) is 91.6 Å². The molecule has 7 heteroatoms. The van der Waals surface area contributed by atoms with E-state index < -0.39 is 0 Å². The van der Waals surface area contributed by atoms with Gasteiger partial charge in [0.2, 0.25) is 0 Å². The molecule has 1 fully saturated rings. The summed E-state index contributed by atoms with van der Waals surface area (Å²) in [5, 5.41) is 3.03. The van der Waals surface area contributed by atoms with Gasteiger partial charge < -0.3 is 18.9 Å². The first-order valence-electron chi connectivity index (χ1n) is 12.9. The zero-order chi connectivity index (χ0) is 26.1. The predicted octanol–water partition coefficient (Wildman–Crippen LogP) is 5.64. The summed E-state index contributed by atoms with van der Waals surface area (Å²) in [7, 11) is 2.10. The van der Waals surface area contributed by atoms with Crippen molar-refractivity contribution in [1.29, 1.82) is 0 Å². The van der Waals surface area contributed by atoms with E-state index in [4.69, 9.17) is 11.6 Å². The van der Waals surface area contributed by atoms with E-state index in [2.05, 4.69) is 80.8 Å². The van der Waals surface area contributed by atoms with Crippen molar-refractivity contribution in [2.75, 3.05) is 33.2 Å². The van der Waals surface area contributed by atoms with Crippen molar-refractivity contribution in [1.82, 2.24) is 23.9 Å². The summed E-state index contributed by atoms with van der Waals surface area (Å²) in [5.41, 5.74) is 4.96. The molecule has 6 rings (SSSR count). The standard InChI is InChI=1S/C31H30ClN5O/c1-34-12-14-36(15-13-34)31(38)30-21-35(20-29(30)28-11-5-8-24-7-2-3-10-27(24)28)19-26-17-33-22-37(26)18-23-6-4-9-25(32)16-23/h2-11,16-17,20-22H,12-15,18-19H2,1H3. The van der Waals surface area contributed by atoms with E-state index in [1.807, 2.05) is 41.8 Å². The molecule has 0 saturated carbocycles. The van der Waals surface area contributed by atoms with Gasteiger partial charge in [-0.25, -0.2) is 4.98 Å². The van der Waals surface area contributed by atoms with Crippen molar-refractivity contribution in [2.24, 2.45) is 0 Å². The maximum Gasteiger partial charge on any atom is 0.256 e. The maximum absolute atomic E-state index is 13.9. The van der Waals surface area contributed by atoms with Gasteiger partial charge in [-0.15, -0.1) is 0 Å². The first-order valence-corrected chi connectivity index (χ1v) is 13.3. The molecule has 0 bridgehead atoms. The van der Waals surface area contributed by atoms with Gasteiger partial charge in [0.15, 0.2) is 0 Å². The second kappa shape index (κ2) is 10.5. The number of benzene rings is 3. The molecule has 5 aromatic rings. The van der Waals surface area contributed by atoms with Gasteiger partial charge in [-0.2, -0.15) is 0 Å². The predicted molar refractivity (Wildman–Crippen MR) is 153 cm³/mol. The topological polar surface area (TPSA) is 46.3 Å². The minimum Gasteiger partial charge on any atom is -0.347 e. The second-order valence-electron chi connectivity index (χ2n) is 10.0. The van der Waals surface area contributed by atoms with E-state index in [0.717, 1.165) is 69.9 Å². The van der Waals surface area contributed by atoms with Crippen LogP contribution >= 0.6 is 11.6 Å². The van der Waals surface area contributed by atoms with Crippen LogP contribution in [0.3, 0.4) is 0 Å². The molecule has 0 atom stereocenters. The lowest BCUT2D eigenvalue weighted by Gasteiger charge is -2.32. The van der Waals surface area contributed by atoms with E-state index in [9.17, 15) is 4.79 Å². The molecule has 0 aliphatic carbocycles. The molecule has 1 aliphatic rings. The number of hydrogen-bond acceptors (Lipinski definition) is 3. The Kier molecular flexibility index (Phi) is 6.75. The Morgan fingerprint density at radius 2 is 1.68 bits per heavy atom. The highest BCUT2D eigenvalue weighted by atomic mass is 35.5. The first kappa shape index (κ1) is 24.5. The largest absolute Gasteiger partial charge is 0.347 e. The third kappa shape index (κ3) is 4.97. The Hall–Kier alpha value is -3.87. The van der Waals surface area contributed by atoms with Crippen LogP contribution in [0.5, 0.6) is 0 Å². The molecule has 1 amide bonds. The highest BCUT2D eigenvalue weighted by molar-refractivity contribution is 6.30. The lowest BCUT2D eigenvalue weighted by Crippen LogP contribution is -2.47. The van der Waals surface area contributed by atoms with Gasteiger partial charge in [-0.05, 0) is 41.1 Å². The highest BCUT2D eigenvalue weighted by Crippen LogP contribution is 2.33. The van der Waals surface area contributed by atoms with E-state index in [0.29, 0.717) is 13.1 Å². The molecule has 0 N–H and O–H groups in total. The molecule has 3 aromatic carbocycles. The summed E-state index contributed by atoms with van der Waals surface area (Å²) in [6, 6.07) is 22.5. The number of imidazole rings is 1. The maximum atomic E-state index is 13.9. The third-order valence-corrected chi connectivity index (χ3v) is 7.60. The Bertz CT molecular complexity index is 1590. The van der Waals surface area contributed by atoms with Crippen LogP contribution in [-0.4, -0.2) is 63.1 Å². The molecule has 0 radical (unpaired) electrons. The van der Waals surface area contributed by atoms with E-state index in [1.165, 1.54) is 0 Å². The Balaban J connectivity index is 1.37. The first-order chi connectivity index (χ1) is 18.5. The van der Waals surface area contributed by atoms with Crippen LogP contribution in [0.2, 0.25) is 5.02 Å². The average molecular weight is 524 g/mol. The average Bonchev–Trinajstić information content (AvgIpc) is 3.55. The molecule has 2 aromatic heterocycles. The summed E-state index contributed by atoms with van der Waals surface area (Å²) in [5.74, 6) is 0.0900.